The lowest BCUT2D eigenvalue weighted by molar-refractivity contribution is -0.125. The molecule has 1 heterocycles. The maximum absolute atomic E-state index is 13.1. The fourth-order valence-electron chi connectivity index (χ4n) is 2.38. The molecule has 0 atom stereocenters. The largest absolute Gasteiger partial charge is 0.323 e. The summed E-state index contributed by atoms with van der Waals surface area (Å²) in [5.41, 5.74) is 1.96. The molecule has 0 aromatic heterocycles. The van der Waals surface area contributed by atoms with E-state index in [1.54, 1.807) is 36.4 Å². The van der Waals surface area contributed by atoms with Gasteiger partial charge in [0.05, 0.1) is 12.3 Å². The molecule has 0 aliphatic carbocycles. The predicted octanol–water partition coefficient (Wildman–Crippen LogP) is 3.67. The molecule has 0 unspecified atom stereocenters. The molecule has 1 fully saturated rings. The Labute approximate surface area is 153 Å². The van der Waals surface area contributed by atoms with Gasteiger partial charge in [-0.2, -0.15) is 0 Å². The topological polar surface area (TPSA) is 66.5 Å². The quantitative estimate of drug-likeness (QED) is 0.816. The third kappa shape index (κ3) is 4.58. The molecule has 3 rings (SSSR count). The van der Waals surface area contributed by atoms with Crippen LogP contribution in [0.4, 0.5) is 14.9 Å². The molecular formula is C19H15FN2O3S. The van der Waals surface area contributed by atoms with Gasteiger partial charge in [0.25, 0.3) is 5.24 Å². The molecule has 0 saturated carbocycles. The summed E-state index contributed by atoms with van der Waals surface area (Å²) in [6.45, 7) is 0.221. The third-order valence-corrected chi connectivity index (χ3v) is 4.54. The highest BCUT2D eigenvalue weighted by Gasteiger charge is 2.29. The highest BCUT2D eigenvalue weighted by atomic mass is 32.2. The zero-order chi connectivity index (χ0) is 18.5. The first-order chi connectivity index (χ1) is 12.5. The Balaban J connectivity index is 1.57. The van der Waals surface area contributed by atoms with Crippen molar-refractivity contribution in [3.8, 4) is 0 Å². The minimum absolute atomic E-state index is 0.185. The third-order valence-electron chi connectivity index (χ3n) is 3.68. The van der Waals surface area contributed by atoms with Gasteiger partial charge in [-0.25, -0.2) is 4.39 Å². The molecule has 132 valence electrons. The van der Waals surface area contributed by atoms with Crippen molar-refractivity contribution in [2.75, 3.05) is 11.1 Å². The van der Waals surface area contributed by atoms with E-state index in [9.17, 15) is 18.8 Å². The van der Waals surface area contributed by atoms with Gasteiger partial charge in [0.1, 0.15) is 5.82 Å². The first-order valence-corrected chi connectivity index (χ1v) is 8.80. The van der Waals surface area contributed by atoms with Gasteiger partial charge in [-0.15, -0.1) is 0 Å². The van der Waals surface area contributed by atoms with E-state index >= 15 is 0 Å². The molecule has 7 heteroatoms. The van der Waals surface area contributed by atoms with Crippen LogP contribution < -0.4 is 5.32 Å². The molecule has 1 N–H and O–H groups in total. The van der Waals surface area contributed by atoms with Crippen molar-refractivity contribution >= 4 is 40.6 Å². The maximum atomic E-state index is 13.1. The van der Waals surface area contributed by atoms with Gasteiger partial charge in [-0.3, -0.25) is 19.3 Å². The van der Waals surface area contributed by atoms with Crippen LogP contribution in [0.5, 0.6) is 0 Å². The van der Waals surface area contributed by atoms with Crippen LogP contribution >= 0.6 is 11.8 Å². The summed E-state index contributed by atoms with van der Waals surface area (Å²) in [6, 6.07) is 12.8. The predicted molar refractivity (Wildman–Crippen MR) is 98.9 cm³/mol. The smallest absolute Gasteiger partial charge is 0.289 e. The van der Waals surface area contributed by atoms with Crippen molar-refractivity contribution in [3.63, 3.8) is 0 Å². The number of amides is 3. The summed E-state index contributed by atoms with van der Waals surface area (Å²) >= 11 is 0.998. The van der Waals surface area contributed by atoms with E-state index in [0.29, 0.717) is 11.3 Å². The number of carbonyl (C=O) groups excluding carboxylic acids is 3. The van der Waals surface area contributed by atoms with Gasteiger partial charge in [-0.1, -0.05) is 36.0 Å². The number of hydrogen-bond acceptors (Lipinski definition) is 4. The lowest BCUT2D eigenvalue weighted by Crippen LogP contribution is -2.27. The van der Waals surface area contributed by atoms with Crippen LogP contribution in [0.1, 0.15) is 11.1 Å². The molecule has 0 spiro atoms. The summed E-state index contributed by atoms with van der Waals surface area (Å²) in [4.78, 5) is 36.3. The van der Waals surface area contributed by atoms with Gasteiger partial charge in [0, 0.05) is 11.8 Å². The molecule has 0 radical (unpaired) electrons. The number of anilines is 1. The molecule has 2 aromatic carbocycles. The number of thioether (sulfide) groups is 1. The molecule has 1 saturated heterocycles. The van der Waals surface area contributed by atoms with Crippen molar-refractivity contribution in [1.29, 1.82) is 0 Å². The Bertz CT molecular complexity index is 865. The normalized spacial score (nSPS) is 14.3. The Hall–Kier alpha value is -2.93. The van der Waals surface area contributed by atoms with Gasteiger partial charge < -0.3 is 5.32 Å². The van der Waals surface area contributed by atoms with Crippen LogP contribution in [0.15, 0.2) is 54.6 Å². The molecule has 1 aliphatic heterocycles. The number of rotatable bonds is 5. The van der Waals surface area contributed by atoms with E-state index in [4.69, 9.17) is 0 Å². The fourth-order valence-corrected chi connectivity index (χ4v) is 3.10. The molecule has 3 amide bonds. The van der Waals surface area contributed by atoms with E-state index < -0.39 is 0 Å². The Morgan fingerprint density at radius 1 is 1.19 bits per heavy atom. The molecule has 5 nitrogen and oxygen atoms in total. The minimum atomic E-state index is -0.364. The summed E-state index contributed by atoms with van der Waals surface area (Å²) in [7, 11) is 0. The lowest BCUT2D eigenvalue weighted by atomic mass is 10.2. The van der Waals surface area contributed by atoms with Crippen LogP contribution in [0.3, 0.4) is 0 Å². The van der Waals surface area contributed by atoms with Crippen LogP contribution in [0.2, 0.25) is 0 Å². The zero-order valence-corrected chi connectivity index (χ0v) is 14.5. The highest BCUT2D eigenvalue weighted by molar-refractivity contribution is 8.14. The minimum Gasteiger partial charge on any atom is -0.323 e. The molecule has 1 aliphatic rings. The number of halogens is 1. The van der Waals surface area contributed by atoms with Gasteiger partial charge >= 0.3 is 0 Å². The Morgan fingerprint density at radius 3 is 2.62 bits per heavy atom. The number of carbonyl (C=O) groups is 3. The summed E-state index contributed by atoms with van der Waals surface area (Å²) in [5.74, 6) is -0.718. The summed E-state index contributed by atoms with van der Waals surface area (Å²) in [6.07, 6.45) is 2.84. The lowest BCUT2D eigenvalue weighted by Gasteiger charge is -2.13. The number of nitrogens with one attached hydrogen (secondary N) is 1. The number of hydrogen-bond donors (Lipinski definition) is 1. The maximum Gasteiger partial charge on any atom is 0.289 e. The molecule has 26 heavy (non-hydrogen) atoms. The Kier molecular flexibility index (Phi) is 5.48. The van der Waals surface area contributed by atoms with Crippen LogP contribution in [0, 0.1) is 5.82 Å². The number of benzene rings is 2. The SMILES string of the molecule is O=C(/C=C/c1cccc(F)c1)Nc1ccc(CN2C(=O)CSC2=O)cc1. The second-order valence-electron chi connectivity index (χ2n) is 5.61. The van der Waals surface area contributed by atoms with Crippen LogP contribution in [0.25, 0.3) is 6.08 Å². The van der Waals surface area contributed by atoms with Crippen LogP contribution in [-0.4, -0.2) is 27.7 Å². The van der Waals surface area contributed by atoms with Gasteiger partial charge in [0.2, 0.25) is 11.8 Å². The number of nitrogens with zero attached hydrogens (tertiary/aromatic N) is 1. The van der Waals surface area contributed by atoms with Crippen molar-refractivity contribution < 1.29 is 18.8 Å². The highest BCUT2D eigenvalue weighted by Crippen LogP contribution is 2.21. The van der Waals surface area contributed by atoms with E-state index in [1.165, 1.54) is 29.2 Å². The van der Waals surface area contributed by atoms with Gasteiger partial charge in [0.15, 0.2) is 0 Å². The zero-order valence-electron chi connectivity index (χ0n) is 13.6. The van der Waals surface area contributed by atoms with Crippen molar-refractivity contribution in [3.05, 3.63) is 71.6 Å². The van der Waals surface area contributed by atoms with E-state index in [2.05, 4.69) is 5.32 Å². The average Bonchev–Trinajstić information content (AvgIpc) is 2.94. The van der Waals surface area contributed by atoms with Gasteiger partial charge in [-0.05, 0) is 41.5 Å². The van der Waals surface area contributed by atoms with E-state index in [-0.39, 0.29) is 35.2 Å². The van der Waals surface area contributed by atoms with Crippen molar-refractivity contribution in [1.82, 2.24) is 4.90 Å². The molecule has 2 aromatic rings. The summed E-state index contributed by atoms with van der Waals surface area (Å²) < 4.78 is 13.1. The van der Waals surface area contributed by atoms with Crippen molar-refractivity contribution in [2.45, 2.75) is 6.54 Å². The fraction of sp³-hybridized carbons (Fsp3) is 0.105. The first kappa shape index (κ1) is 17.9. The van der Waals surface area contributed by atoms with E-state index in [0.717, 1.165) is 17.3 Å². The summed E-state index contributed by atoms with van der Waals surface area (Å²) in [5, 5.41) is 2.45. The Morgan fingerprint density at radius 2 is 1.96 bits per heavy atom. The van der Waals surface area contributed by atoms with E-state index in [1.807, 2.05) is 0 Å². The second-order valence-corrected chi connectivity index (χ2v) is 6.54. The second kappa shape index (κ2) is 7.97. The average molecular weight is 370 g/mol. The molecule has 0 bridgehead atoms. The van der Waals surface area contributed by atoms with Crippen LogP contribution in [-0.2, 0) is 16.1 Å². The number of imide groups is 1. The molecular weight excluding hydrogens is 355 g/mol. The first-order valence-electron chi connectivity index (χ1n) is 7.82. The monoisotopic (exact) mass is 370 g/mol. The van der Waals surface area contributed by atoms with Crippen molar-refractivity contribution in [2.24, 2.45) is 0 Å². The standard InChI is InChI=1S/C19H15FN2O3S/c20-15-3-1-2-13(10-15)6-9-17(23)21-16-7-4-14(5-8-16)11-22-18(24)12-26-19(22)25/h1-10H,11-12H2,(H,21,23)/b9-6+.